The maximum absolute atomic E-state index is 9.18. The fourth-order valence-electron chi connectivity index (χ4n) is 1.44. The summed E-state index contributed by atoms with van der Waals surface area (Å²) in [5.41, 5.74) is 0.590. The van der Waals surface area contributed by atoms with Crippen LogP contribution in [0.3, 0.4) is 0 Å². The molecule has 0 aliphatic carbocycles. The van der Waals surface area contributed by atoms with E-state index in [0.717, 1.165) is 11.3 Å². The Hall–Kier alpha value is -1.06. The first kappa shape index (κ1) is 12.0. The average Bonchev–Trinajstić information content (AvgIpc) is 2.29. The molecule has 3 heteroatoms. The van der Waals surface area contributed by atoms with Gasteiger partial charge >= 0.3 is 0 Å². The topological polar surface area (TPSA) is 49.7 Å². The van der Waals surface area contributed by atoms with Gasteiger partial charge in [0, 0.05) is 5.41 Å². The highest BCUT2D eigenvalue weighted by atomic mass is 16.5. The summed E-state index contributed by atoms with van der Waals surface area (Å²) in [7, 11) is 1.62. The molecule has 0 aliphatic rings. The standard InChI is InChI=1S/C12H18O3/c1-12(8-13,9-14)7-10-4-3-5-11(6-10)15-2/h3-6,13-14H,7-9H2,1-2H3. The van der Waals surface area contributed by atoms with Gasteiger partial charge in [-0.25, -0.2) is 0 Å². The molecule has 0 bridgehead atoms. The van der Waals surface area contributed by atoms with Gasteiger partial charge in [0.15, 0.2) is 0 Å². The number of aliphatic hydroxyl groups is 2. The van der Waals surface area contributed by atoms with Crippen molar-refractivity contribution >= 4 is 0 Å². The van der Waals surface area contributed by atoms with Crippen LogP contribution in [0.1, 0.15) is 12.5 Å². The van der Waals surface area contributed by atoms with Gasteiger partial charge < -0.3 is 14.9 Å². The van der Waals surface area contributed by atoms with Crippen LogP contribution in [0.2, 0.25) is 0 Å². The summed E-state index contributed by atoms with van der Waals surface area (Å²) in [5, 5.41) is 18.4. The fourth-order valence-corrected chi connectivity index (χ4v) is 1.44. The highest BCUT2D eigenvalue weighted by molar-refractivity contribution is 5.29. The Kier molecular flexibility index (Phi) is 4.12. The SMILES string of the molecule is COc1cccc(CC(C)(CO)CO)c1. The van der Waals surface area contributed by atoms with Crippen LogP contribution in [0.15, 0.2) is 24.3 Å². The normalized spacial score (nSPS) is 11.5. The Morgan fingerprint density at radius 1 is 1.27 bits per heavy atom. The van der Waals surface area contributed by atoms with Crippen LogP contribution in [0.4, 0.5) is 0 Å². The smallest absolute Gasteiger partial charge is 0.119 e. The predicted octanol–water partition coefficient (Wildman–Crippen LogP) is 1.23. The van der Waals surface area contributed by atoms with E-state index < -0.39 is 5.41 Å². The molecule has 0 saturated carbocycles. The Bertz CT molecular complexity index is 305. The molecule has 0 aromatic heterocycles. The van der Waals surface area contributed by atoms with Gasteiger partial charge in [-0.05, 0) is 24.1 Å². The summed E-state index contributed by atoms with van der Waals surface area (Å²) in [6.45, 7) is 1.80. The van der Waals surface area contributed by atoms with E-state index in [0.29, 0.717) is 6.42 Å². The van der Waals surface area contributed by atoms with Crippen LogP contribution in [0, 0.1) is 5.41 Å². The lowest BCUT2D eigenvalue weighted by atomic mass is 9.85. The van der Waals surface area contributed by atoms with Gasteiger partial charge in [-0.2, -0.15) is 0 Å². The van der Waals surface area contributed by atoms with E-state index in [-0.39, 0.29) is 13.2 Å². The fraction of sp³-hybridized carbons (Fsp3) is 0.500. The number of hydrogen-bond donors (Lipinski definition) is 2. The maximum Gasteiger partial charge on any atom is 0.119 e. The van der Waals surface area contributed by atoms with Crippen LogP contribution in [-0.4, -0.2) is 30.5 Å². The number of methoxy groups -OCH3 is 1. The largest absolute Gasteiger partial charge is 0.497 e. The first-order valence-corrected chi connectivity index (χ1v) is 4.98. The van der Waals surface area contributed by atoms with Crippen molar-refractivity contribution < 1.29 is 14.9 Å². The second kappa shape index (κ2) is 5.14. The van der Waals surface area contributed by atoms with Crippen LogP contribution in [0.5, 0.6) is 5.75 Å². The zero-order valence-corrected chi connectivity index (χ0v) is 9.23. The lowest BCUT2D eigenvalue weighted by Crippen LogP contribution is -2.28. The molecule has 3 nitrogen and oxygen atoms in total. The molecule has 1 aromatic carbocycles. The summed E-state index contributed by atoms with van der Waals surface area (Å²) in [4.78, 5) is 0. The molecule has 0 radical (unpaired) electrons. The van der Waals surface area contributed by atoms with Gasteiger partial charge in [-0.3, -0.25) is 0 Å². The molecule has 1 aromatic rings. The van der Waals surface area contributed by atoms with Gasteiger partial charge in [0.05, 0.1) is 20.3 Å². The molecular weight excluding hydrogens is 192 g/mol. The molecule has 0 fully saturated rings. The van der Waals surface area contributed by atoms with E-state index in [1.54, 1.807) is 7.11 Å². The Morgan fingerprint density at radius 3 is 2.47 bits per heavy atom. The summed E-state index contributed by atoms with van der Waals surface area (Å²) in [6, 6.07) is 7.66. The molecule has 0 spiro atoms. The molecule has 0 atom stereocenters. The molecule has 0 amide bonds. The van der Waals surface area contributed by atoms with Gasteiger partial charge in [0.25, 0.3) is 0 Å². The maximum atomic E-state index is 9.18. The quantitative estimate of drug-likeness (QED) is 0.768. The number of benzene rings is 1. The summed E-state index contributed by atoms with van der Waals surface area (Å²) in [6.07, 6.45) is 0.636. The van der Waals surface area contributed by atoms with Crippen LogP contribution < -0.4 is 4.74 Å². The summed E-state index contributed by atoms with van der Waals surface area (Å²) >= 11 is 0. The third-order valence-electron chi connectivity index (χ3n) is 2.53. The average molecular weight is 210 g/mol. The van der Waals surface area contributed by atoms with Gasteiger partial charge in [0.1, 0.15) is 5.75 Å². The Morgan fingerprint density at radius 2 is 1.93 bits per heavy atom. The van der Waals surface area contributed by atoms with Crippen molar-refractivity contribution in [2.24, 2.45) is 5.41 Å². The minimum atomic E-state index is -0.466. The van der Waals surface area contributed by atoms with Crippen molar-refractivity contribution in [1.82, 2.24) is 0 Å². The zero-order valence-electron chi connectivity index (χ0n) is 9.23. The number of hydrogen-bond acceptors (Lipinski definition) is 3. The molecule has 0 saturated heterocycles. The van der Waals surface area contributed by atoms with Crippen LogP contribution >= 0.6 is 0 Å². The van der Waals surface area contributed by atoms with Crippen molar-refractivity contribution in [3.8, 4) is 5.75 Å². The monoisotopic (exact) mass is 210 g/mol. The van der Waals surface area contributed by atoms with Crippen molar-refractivity contribution in [2.75, 3.05) is 20.3 Å². The summed E-state index contributed by atoms with van der Waals surface area (Å²) < 4.78 is 5.11. The van der Waals surface area contributed by atoms with Crippen molar-refractivity contribution in [3.05, 3.63) is 29.8 Å². The van der Waals surface area contributed by atoms with Gasteiger partial charge in [-0.15, -0.1) is 0 Å². The van der Waals surface area contributed by atoms with Gasteiger partial charge in [-0.1, -0.05) is 19.1 Å². The van der Waals surface area contributed by atoms with E-state index in [9.17, 15) is 10.2 Å². The second-order valence-corrected chi connectivity index (χ2v) is 4.16. The highest BCUT2D eigenvalue weighted by Gasteiger charge is 2.22. The van der Waals surface area contributed by atoms with E-state index in [1.807, 2.05) is 31.2 Å². The van der Waals surface area contributed by atoms with E-state index in [4.69, 9.17) is 4.74 Å². The van der Waals surface area contributed by atoms with Crippen molar-refractivity contribution in [3.63, 3.8) is 0 Å². The number of rotatable bonds is 5. The third-order valence-corrected chi connectivity index (χ3v) is 2.53. The summed E-state index contributed by atoms with van der Waals surface area (Å²) in [5.74, 6) is 0.797. The Labute approximate surface area is 90.3 Å². The molecular formula is C12H18O3. The lowest BCUT2D eigenvalue weighted by molar-refractivity contribution is 0.0703. The highest BCUT2D eigenvalue weighted by Crippen LogP contribution is 2.23. The first-order chi connectivity index (χ1) is 7.13. The number of ether oxygens (including phenoxy) is 1. The predicted molar refractivity (Wildman–Crippen MR) is 59.0 cm³/mol. The number of aliphatic hydroxyl groups excluding tert-OH is 2. The molecule has 0 aliphatic heterocycles. The van der Waals surface area contributed by atoms with Gasteiger partial charge in [0.2, 0.25) is 0 Å². The van der Waals surface area contributed by atoms with E-state index in [2.05, 4.69) is 0 Å². The molecule has 1 rings (SSSR count). The Balaban J connectivity index is 2.79. The molecule has 84 valence electrons. The van der Waals surface area contributed by atoms with Crippen molar-refractivity contribution in [1.29, 1.82) is 0 Å². The first-order valence-electron chi connectivity index (χ1n) is 4.98. The molecule has 0 unspecified atom stereocenters. The molecule has 15 heavy (non-hydrogen) atoms. The minimum Gasteiger partial charge on any atom is -0.497 e. The van der Waals surface area contributed by atoms with E-state index >= 15 is 0 Å². The minimum absolute atomic E-state index is 0.0271. The lowest BCUT2D eigenvalue weighted by Gasteiger charge is -2.24. The third kappa shape index (κ3) is 3.22. The molecule has 2 N–H and O–H groups in total. The van der Waals surface area contributed by atoms with Crippen LogP contribution in [-0.2, 0) is 6.42 Å². The van der Waals surface area contributed by atoms with Crippen molar-refractivity contribution in [2.45, 2.75) is 13.3 Å². The van der Waals surface area contributed by atoms with E-state index in [1.165, 1.54) is 0 Å². The molecule has 0 heterocycles. The van der Waals surface area contributed by atoms with Crippen LogP contribution in [0.25, 0.3) is 0 Å². The second-order valence-electron chi connectivity index (χ2n) is 4.16. The zero-order chi connectivity index (χ0) is 11.3.